The Morgan fingerprint density at radius 1 is 1.00 bits per heavy atom. The fraction of sp³-hybridized carbons (Fsp3) is 0.240. The molecule has 0 saturated carbocycles. The van der Waals surface area contributed by atoms with Crippen LogP contribution in [0.15, 0.2) is 48.5 Å². The molecule has 0 aliphatic carbocycles. The number of carboxylic acids is 1. The first-order valence-corrected chi connectivity index (χ1v) is 11.1. The standard InChI is InChI=1S/C23H20F2N4O.C2HF3O2/c24-20-18(13-1-4-16(5-2-13)23(25)11-27-12-23)10-19(21(26)29-20)14-3-6-17-15(9-14)7-8-28-22(17)30;3-2(4,5)1(6)7/h1-6,9-10,27H,7-8,11-12H2,(H2,26,29)(H,28,30);(H,6,7). The van der Waals surface area contributed by atoms with E-state index in [2.05, 4.69) is 15.6 Å². The summed E-state index contributed by atoms with van der Waals surface area (Å²) < 4.78 is 60.9. The number of rotatable bonds is 3. The highest BCUT2D eigenvalue weighted by molar-refractivity contribution is 5.97. The van der Waals surface area contributed by atoms with Gasteiger partial charge in [0, 0.05) is 36.3 Å². The quantitative estimate of drug-likeness (QED) is 0.308. The van der Waals surface area contributed by atoms with E-state index in [4.69, 9.17) is 15.6 Å². The highest BCUT2D eigenvalue weighted by atomic mass is 19.4. The van der Waals surface area contributed by atoms with Gasteiger partial charge in [-0.3, -0.25) is 4.79 Å². The number of carbonyl (C=O) groups excluding carboxylic acids is 1. The van der Waals surface area contributed by atoms with Crippen LogP contribution < -0.4 is 16.4 Å². The lowest BCUT2D eigenvalue weighted by Gasteiger charge is -2.35. The molecule has 7 nitrogen and oxygen atoms in total. The second-order valence-corrected chi connectivity index (χ2v) is 8.59. The fourth-order valence-electron chi connectivity index (χ4n) is 4.03. The largest absolute Gasteiger partial charge is 0.490 e. The molecule has 0 unspecified atom stereocenters. The predicted octanol–water partition coefficient (Wildman–Crippen LogP) is 3.82. The Hall–Kier alpha value is -4.06. The molecule has 2 aliphatic rings. The van der Waals surface area contributed by atoms with Crippen LogP contribution >= 0.6 is 0 Å². The lowest BCUT2D eigenvalue weighted by molar-refractivity contribution is -0.192. The Bertz CT molecular complexity index is 1360. The molecule has 12 heteroatoms. The molecule has 0 radical (unpaired) electrons. The first-order valence-electron chi connectivity index (χ1n) is 11.1. The maximum Gasteiger partial charge on any atom is 0.490 e. The zero-order valence-electron chi connectivity index (χ0n) is 19.1. The van der Waals surface area contributed by atoms with E-state index in [0.29, 0.717) is 34.4 Å². The monoisotopic (exact) mass is 520 g/mol. The van der Waals surface area contributed by atoms with Crippen LogP contribution in [0.3, 0.4) is 0 Å². The molecule has 0 atom stereocenters. The molecule has 5 N–H and O–H groups in total. The lowest BCUT2D eigenvalue weighted by Crippen LogP contribution is -2.53. The van der Waals surface area contributed by atoms with Gasteiger partial charge in [-0.2, -0.15) is 17.6 Å². The summed E-state index contributed by atoms with van der Waals surface area (Å²) in [5, 5.41) is 12.9. The number of nitrogen functional groups attached to an aromatic ring is 1. The average molecular weight is 520 g/mol. The number of nitrogens with two attached hydrogens (primary N) is 1. The number of carbonyl (C=O) groups is 2. The number of hydrogen-bond donors (Lipinski definition) is 4. The van der Waals surface area contributed by atoms with Crippen LogP contribution in [0.2, 0.25) is 0 Å². The summed E-state index contributed by atoms with van der Waals surface area (Å²) in [6, 6.07) is 13.9. The Labute approximate surface area is 207 Å². The topological polar surface area (TPSA) is 117 Å². The van der Waals surface area contributed by atoms with Crippen molar-refractivity contribution in [2.24, 2.45) is 0 Å². The summed E-state index contributed by atoms with van der Waals surface area (Å²) in [5.74, 6) is -3.45. The molecule has 3 aromatic rings. The minimum atomic E-state index is -5.08. The zero-order chi connectivity index (χ0) is 27.0. The number of nitrogens with zero attached hydrogens (tertiary/aromatic N) is 1. The number of alkyl halides is 4. The first-order chi connectivity index (χ1) is 17.4. The molecule has 1 amide bonds. The van der Waals surface area contributed by atoms with E-state index in [9.17, 15) is 26.7 Å². The number of fused-ring (bicyclic) bond motifs is 1. The van der Waals surface area contributed by atoms with Gasteiger partial charge in [-0.15, -0.1) is 0 Å². The lowest BCUT2D eigenvalue weighted by atomic mass is 9.89. The number of pyridine rings is 1. The van der Waals surface area contributed by atoms with Crippen LogP contribution in [0.5, 0.6) is 0 Å². The van der Waals surface area contributed by atoms with Gasteiger partial charge in [0.05, 0.1) is 0 Å². The molecule has 1 saturated heterocycles. The van der Waals surface area contributed by atoms with Crippen LogP contribution in [0.1, 0.15) is 21.5 Å². The van der Waals surface area contributed by atoms with Gasteiger partial charge < -0.3 is 21.5 Å². The highest BCUT2D eigenvalue weighted by Crippen LogP contribution is 2.35. The van der Waals surface area contributed by atoms with Crippen molar-refractivity contribution in [2.75, 3.05) is 25.4 Å². The van der Waals surface area contributed by atoms with E-state index in [1.54, 1.807) is 42.5 Å². The summed E-state index contributed by atoms with van der Waals surface area (Å²) in [4.78, 5) is 24.8. The number of halogens is 5. The van der Waals surface area contributed by atoms with Crippen molar-refractivity contribution >= 4 is 17.7 Å². The summed E-state index contributed by atoms with van der Waals surface area (Å²) in [6.45, 7) is 1.14. The third kappa shape index (κ3) is 5.38. The summed E-state index contributed by atoms with van der Waals surface area (Å²) >= 11 is 0. The van der Waals surface area contributed by atoms with E-state index in [-0.39, 0.29) is 24.8 Å². The maximum atomic E-state index is 14.6. The third-order valence-corrected chi connectivity index (χ3v) is 6.11. The second kappa shape index (κ2) is 9.77. The molecule has 2 aliphatic heterocycles. The Morgan fingerprint density at radius 2 is 1.62 bits per heavy atom. The van der Waals surface area contributed by atoms with Crippen molar-refractivity contribution in [3.63, 3.8) is 0 Å². The number of amides is 1. The van der Waals surface area contributed by atoms with E-state index in [0.717, 1.165) is 17.5 Å². The van der Waals surface area contributed by atoms with Crippen molar-refractivity contribution in [3.05, 3.63) is 71.2 Å². The Balaban J connectivity index is 0.000000405. The van der Waals surface area contributed by atoms with Crippen molar-refractivity contribution in [1.29, 1.82) is 0 Å². The summed E-state index contributed by atoms with van der Waals surface area (Å²) in [7, 11) is 0. The van der Waals surface area contributed by atoms with Gasteiger partial charge in [0.1, 0.15) is 5.82 Å². The van der Waals surface area contributed by atoms with Gasteiger partial charge in [0.25, 0.3) is 5.91 Å². The summed E-state index contributed by atoms with van der Waals surface area (Å²) in [6.07, 6.45) is -4.36. The second-order valence-electron chi connectivity index (χ2n) is 8.59. The normalized spacial score (nSPS) is 16.0. The maximum absolute atomic E-state index is 14.6. The van der Waals surface area contributed by atoms with Crippen LogP contribution in [0.4, 0.5) is 27.8 Å². The van der Waals surface area contributed by atoms with Gasteiger partial charge in [-0.1, -0.05) is 36.4 Å². The number of hydrogen-bond acceptors (Lipinski definition) is 5. The van der Waals surface area contributed by atoms with Crippen molar-refractivity contribution in [1.82, 2.24) is 15.6 Å². The van der Waals surface area contributed by atoms with E-state index < -0.39 is 23.8 Å². The molecule has 3 heterocycles. The molecule has 1 fully saturated rings. The number of carboxylic acid groups (broad SMARTS) is 1. The summed E-state index contributed by atoms with van der Waals surface area (Å²) in [5.41, 5.74) is 9.05. The van der Waals surface area contributed by atoms with Crippen molar-refractivity contribution < 1.29 is 36.6 Å². The predicted molar refractivity (Wildman–Crippen MR) is 125 cm³/mol. The molecule has 194 valence electrons. The van der Waals surface area contributed by atoms with Gasteiger partial charge in [-0.25, -0.2) is 14.2 Å². The Morgan fingerprint density at radius 3 is 2.19 bits per heavy atom. The first kappa shape index (κ1) is 26.0. The van der Waals surface area contributed by atoms with Crippen LogP contribution in [-0.2, 0) is 16.9 Å². The average Bonchev–Trinajstić information content (AvgIpc) is 2.82. The minimum Gasteiger partial charge on any atom is -0.475 e. The van der Waals surface area contributed by atoms with E-state index in [1.165, 1.54) is 0 Å². The molecule has 0 bridgehead atoms. The minimum absolute atomic E-state index is 0.0799. The number of aromatic nitrogens is 1. The Kier molecular flexibility index (Phi) is 6.87. The van der Waals surface area contributed by atoms with Gasteiger partial charge in [0.2, 0.25) is 5.95 Å². The fourth-order valence-corrected chi connectivity index (χ4v) is 4.03. The highest BCUT2D eigenvalue weighted by Gasteiger charge is 2.39. The third-order valence-electron chi connectivity index (χ3n) is 6.11. The van der Waals surface area contributed by atoms with Crippen LogP contribution in [0.25, 0.3) is 22.3 Å². The van der Waals surface area contributed by atoms with E-state index in [1.807, 2.05) is 6.07 Å². The smallest absolute Gasteiger partial charge is 0.475 e. The number of anilines is 1. The van der Waals surface area contributed by atoms with Crippen molar-refractivity contribution in [2.45, 2.75) is 18.3 Å². The molecular weight excluding hydrogens is 499 g/mol. The van der Waals surface area contributed by atoms with Gasteiger partial charge in [-0.05, 0) is 40.8 Å². The number of aliphatic carboxylic acids is 1. The molecule has 5 rings (SSSR count). The molecule has 1 aromatic heterocycles. The number of nitrogens with one attached hydrogen (secondary N) is 2. The van der Waals surface area contributed by atoms with Crippen LogP contribution in [0, 0.1) is 5.95 Å². The SMILES string of the molecule is Nc1nc(F)c(-c2ccc(C3(F)CNC3)cc2)cc1-c1ccc2c(c1)CCNC2=O.O=C(O)C(F)(F)F. The molecule has 2 aromatic carbocycles. The van der Waals surface area contributed by atoms with Gasteiger partial charge >= 0.3 is 12.1 Å². The number of benzene rings is 2. The van der Waals surface area contributed by atoms with Crippen molar-refractivity contribution in [3.8, 4) is 22.3 Å². The zero-order valence-corrected chi connectivity index (χ0v) is 19.1. The molecule has 37 heavy (non-hydrogen) atoms. The molecule has 0 spiro atoms. The van der Waals surface area contributed by atoms with E-state index >= 15 is 0 Å². The van der Waals surface area contributed by atoms with Crippen LogP contribution in [-0.4, -0.2) is 47.8 Å². The molecular formula is C25H21F5N4O3. The van der Waals surface area contributed by atoms with Gasteiger partial charge in [0.15, 0.2) is 5.67 Å².